The summed E-state index contributed by atoms with van der Waals surface area (Å²) in [6, 6.07) is 9.84. The maximum Gasteiger partial charge on any atom is 0.223 e. The van der Waals surface area contributed by atoms with Crippen molar-refractivity contribution in [3.63, 3.8) is 0 Å². The fourth-order valence-electron chi connectivity index (χ4n) is 2.85. The topological polar surface area (TPSA) is 62.7 Å². The summed E-state index contributed by atoms with van der Waals surface area (Å²) >= 11 is 6.05. The van der Waals surface area contributed by atoms with E-state index in [1.807, 2.05) is 31.2 Å². The fourth-order valence-corrected chi connectivity index (χ4v) is 3.01. The molecule has 0 spiro atoms. The molecule has 0 aliphatic heterocycles. The number of hydrogen-bond acceptors (Lipinski definition) is 5. The van der Waals surface area contributed by atoms with Crippen LogP contribution in [0.5, 0.6) is 0 Å². The first-order chi connectivity index (χ1) is 12.7. The number of aryl methyl sites for hydroxylation is 2. The van der Waals surface area contributed by atoms with E-state index >= 15 is 0 Å². The lowest BCUT2D eigenvalue weighted by molar-refractivity contribution is 0.824. The predicted molar refractivity (Wildman–Crippen MR) is 109 cm³/mol. The highest BCUT2D eigenvalue weighted by atomic mass is 35.5. The minimum Gasteiger partial charge on any atom is -0.384 e. The standard InChI is InChI=1S/C20H24ClN5/c1-3-9-24-20-25-14(2)12-16(26-20)5-4-10-22-18-8-11-23-19-13-15(21)6-7-17(18)19/h6-8,11-13H,3-5,9-10H2,1-2H3,(H,22,23)(H,24,25,26). The number of fused-ring (bicyclic) bond motifs is 1. The van der Waals surface area contributed by atoms with E-state index in [0.29, 0.717) is 5.02 Å². The van der Waals surface area contributed by atoms with Gasteiger partial charge in [-0.05, 0) is 56.5 Å². The normalized spacial score (nSPS) is 10.9. The van der Waals surface area contributed by atoms with Crippen molar-refractivity contribution >= 4 is 34.1 Å². The van der Waals surface area contributed by atoms with E-state index in [0.717, 1.165) is 66.3 Å². The summed E-state index contributed by atoms with van der Waals surface area (Å²) in [5.74, 6) is 0.729. The molecule has 0 saturated carbocycles. The number of benzene rings is 1. The number of aromatic nitrogens is 3. The Kier molecular flexibility index (Phi) is 6.23. The zero-order chi connectivity index (χ0) is 18.4. The molecule has 2 heterocycles. The number of halogens is 1. The molecular weight excluding hydrogens is 346 g/mol. The van der Waals surface area contributed by atoms with E-state index in [4.69, 9.17) is 11.6 Å². The molecule has 0 amide bonds. The molecule has 2 aromatic heterocycles. The van der Waals surface area contributed by atoms with E-state index in [1.54, 1.807) is 6.20 Å². The van der Waals surface area contributed by atoms with Gasteiger partial charge in [0.15, 0.2) is 0 Å². The second kappa shape index (κ2) is 8.81. The SMILES string of the molecule is CCCNc1nc(C)cc(CCCNc2ccnc3cc(Cl)ccc23)n1. The molecule has 0 unspecified atom stereocenters. The quantitative estimate of drug-likeness (QED) is 0.555. The minimum atomic E-state index is 0.703. The van der Waals surface area contributed by atoms with Crippen LogP contribution >= 0.6 is 11.6 Å². The molecule has 0 aliphatic carbocycles. The lowest BCUT2D eigenvalue weighted by Gasteiger charge is -2.10. The highest BCUT2D eigenvalue weighted by Crippen LogP contribution is 2.24. The molecule has 0 atom stereocenters. The molecule has 1 aromatic carbocycles. The molecule has 5 nitrogen and oxygen atoms in total. The molecular formula is C20H24ClN5. The number of anilines is 2. The molecule has 0 saturated heterocycles. The van der Waals surface area contributed by atoms with Crippen LogP contribution in [0.2, 0.25) is 5.02 Å². The summed E-state index contributed by atoms with van der Waals surface area (Å²) in [6.07, 6.45) is 4.76. The van der Waals surface area contributed by atoms with Crippen LogP contribution in [0.1, 0.15) is 31.2 Å². The van der Waals surface area contributed by atoms with Gasteiger partial charge in [0.2, 0.25) is 5.95 Å². The van der Waals surface area contributed by atoms with Crippen LogP contribution in [-0.4, -0.2) is 28.0 Å². The number of nitrogens with one attached hydrogen (secondary N) is 2. The number of hydrogen-bond donors (Lipinski definition) is 2. The van der Waals surface area contributed by atoms with Crippen LogP contribution in [0.4, 0.5) is 11.6 Å². The molecule has 0 fully saturated rings. The van der Waals surface area contributed by atoms with Crippen LogP contribution in [0.15, 0.2) is 36.5 Å². The first kappa shape index (κ1) is 18.4. The van der Waals surface area contributed by atoms with Crippen molar-refractivity contribution in [1.29, 1.82) is 0 Å². The minimum absolute atomic E-state index is 0.703. The van der Waals surface area contributed by atoms with Crippen molar-refractivity contribution in [3.05, 3.63) is 52.9 Å². The molecule has 26 heavy (non-hydrogen) atoms. The molecule has 136 valence electrons. The second-order valence-corrected chi connectivity index (χ2v) is 6.74. The molecule has 2 N–H and O–H groups in total. The first-order valence-electron chi connectivity index (χ1n) is 9.02. The summed E-state index contributed by atoms with van der Waals surface area (Å²) in [7, 11) is 0. The van der Waals surface area contributed by atoms with Gasteiger partial charge in [0.1, 0.15) is 0 Å². The lowest BCUT2D eigenvalue weighted by atomic mass is 10.1. The van der Waals surface area contributed by atoms with Crippen LogP contribution in [-0.2, 0) is 6.42 Å². The van der Waals surface area contributed by atoms with Gasteiger partial charge < -0.3 is 10.6 Å². The Labute approximate surface area is 159 Å². The zero-order valence-electron chi connectivity index (χ0n) is 15.2. The van der Waals surface area contributed by atoms with Gasteiger partial charge in [0.05, 0.1) is 5.52 Å². The number of nitrogens with zero attached hydrogens (tertiary/aromatic N) is 3. The van der Waals surface area contributed by atoms with Crippen LogP contribution in [0.25, 0.3) is 10.9 Å². The van der Waals surface area contributed by atoms with E-state index in [9.17, 15) is 0 Å². The average molecular weight is 370 g/mol. The van der Waals surface area contributed by atoms with Crippen molar-refractivity contribution < 1.29 is 0 Å². The van der Waals surface area contributed by atoms with Crippen molar-refractivity contribution in [2.24, 2.45) is 0 Å². The highest BCUT2D eigenvalue weighted by molar-refractivity contribution is 6.31. The Bertz CT molecular complexity index is 881. The molecule has 3 aromatic rings. The van der Waals surface area contributed by atoms with Gasteiger partial charge in [-0.25, -0.2) is 9.97 Å². The van der Waals surface area contributed by atoms with E-state index in [-0.39, 0.29) is 0 Å². The summed E-state index contributed by atoms with van der Waals surface area (Å²) in [4.78, 5) is 13.4. The molecule has 0 radical (unpaired) electrons. The van der Waals surface area contributed by atoms with E-state index < -0.39 is 0 Å². The summed E-state index contributed by atoms with van der Waals surface area (Å²) < 4.78 is 0. The Hall–Kier alpha value is -2.40. The molecule has 6 heteroatoms. The van der Waals surface area contributed by atoms with Crippen LogP contribution < -0.4 is 10.6 Å². The Morgan fingerprint density at radius 3 is 2.77 bits per heavy atom. The van der Waals surface area contributed by atoms with E-state index in [1.165, 1.54) is 0 Å². The van der Waals surface area contributed by atoms with Gasteiger partial charge in [0.25, 0.3) is 0 Å². The molecule has 0 bridgehead atoms. The number of rotatable bonds is 8. The third-order valence-corrected chi connectivity index (χ3v) is 4.31. The van der Waals surface area contributed by atoms with Crippen molar-refractivity contribution in [1.82, 2.24) is 15.0 Å². The van der Waals surface area contributed by atoms with Gasteiger partial charge in [-0.2, -0.15) is 0 Å². The largest absolute Gasteiger partial charge is 0.384 e. The summed E-state index contributed by atoms with van der Waals surface area (Å²) in [6.45, 7) is 5.90. The molecule has 0 aliphatic rings. The second-order valence-electron chi connectivity index (χ2n) is 6.30. The Morgan fingerprint density at radius 2 is 1.92 bits per heavy atom. The monoisotopic (exact) mass is 369 g/mol. The molecule has 3 rings (SSSR count). The predicted octanol–water partition coefficient (Wildman–Crippen LogP) is 4.85. The van der Waals surface area contributed by atoms with Crippen molar-refractivity contribution in [3.8, 4) is 0 Å². The third-order valence-electron chi connectivity index (χ3n) is 4.07. The summed E-state index contributed by atoms with van der Waals surface area (Å²) in [5, 5.41) is 8.55. The van der Waals surface area contributed by atoms with Gasteiger partial charge in [-0.15, -0.1) is 0 Å². The van der Waals surface area contributed by atoms with Crippen molar-refractivity contribution in [2.75, 3.05) is 23.7 Å². The fraction of sp³-hybridized carbons (Fsp3) is 0.350. The van der Waals surface area contributed by atoms with E-state index in [2.05, 4.69) is 38.6 Å². The smallest absolute Gasteiger partial charge is 0.223 e. The maximum absolute atomic E-state index is 6.05. The maximum atomic E-state index is 6.05. The Morgan fingerprint density at radius 1 is 1.04 bits per heavy atom. The summed E-state index contributed by atoms with van der Waals surface area (Å²) in [5.41, 5.74) is 4.05. The van der Waals surface area contributed by atoms with Crippen molar-refractivity contribution in [2.45, 2.75) is 33.1 Å². The Balaban J connectivity index is 1.58. The van der Waals surface area contributed by atoms with Gasteiger partial charge in [-0.3, -0.25) is 4.98 Å². The zero-order valence-corrected chi connectivity index (χ0v) is 16.0. The average Bonchev–Trinajstić information content (AvgIpc) is 2.63. The highest BCUT2D eigenvalue weighted by Gasteiger charge is 2.04. The van der Waals surface area contributed by atoms with Crippen LogP contribution in [0, 0.1) is 6.92 Å². The number of pyridine rings is 1. The van der Waals surface area contributed by atoms with Gasteiger partial charge >= 0.3 is 0 Å². The van der Waals surface area contributed by atoms with Gasteiger partial charge in [-0.1, -0.05) is 18.5 Å². The third kappa shape index (κ3) is 4.82. The van der Waals surface area contributed by atoms with Crippen LogP contribution in [0.3, 0.4) is 0 Å². The first-order valence-corrected chi connectivity index (χ1v) is 9.40. The van der Waals surface area contributed by atoms with Gasteiger partial charge in [0, 0.05) is 46.8 Å². The lowest BCUT2D eigenvalue weighted by Crippen LogP contribution is -2.08.